The van der Waals surface area contributed by atoms with Crippen LogP contribution in [0.3, 0.4) is 0 Å². The molecule has 1 aromatic rings. The first-order valence-electron chi connectivity index (χ1n) is 6.41. The zero-order valence-corrected chi connectivity index (χ0v) is 11.0. The SMILES string of the molecule is CCN(CCCCC(=O)O)Cc1c(F)cccc1F. The first-order chi connectivity index (χ1) is 9.04. The third-order valence-electron chi connectivity index (χ3n) is 3.01. The van der Waals surface area contributed by atoms with Crippen molar-refractivity contribution in [2.24, 2.45) is 0 Å². The highest BCUT2D eigenvalue weighted by Crippen LogP contribution is 2.15. The number of rotatable bonds is 8. The molecule has 0 aliphatic rings. The highest BCUT2D eigenvalue weighted by Gasteiger charge is 2.12. The van der Waals surface area contributed by atoms with Gasteiger partial charge in [-0.25, -0.2) is 8.78 Å². The first-order valence-corrected chi connectivity index (χ1v) is 6.41. The van der Waals surface area contributed by atoms with E-state index in [0.29, 0.717) is 25.9 Å². The molecule has 1 rings (SSSR count). The van der Waals surface area contributed by atoms with E-state index < -0.39 is 17.6 Å². The van der Waals surface area contributed by atoms with Crippen LogP contribution in [-0.2, 0) is 11.3 Å². The second-order valence-corrected chi connectivity index (χ2v) is 4.42. The van der Waals surface area contributed by atoms with Gasteiger partial charge in [0, 0.05) is 18.5 Å². The average Bonchev–Trinajstić information content (AvgIpc) is 2.36. The topological polar surface area (TPSA) is 40.5 Å². The summed E-state index contributed by atoms with van der Waals surface area (Å²) in [6, 6.07) is 3.84. The molecule has 0 aromatic heterocycles. The molecule has 0 amide bonds. The number of hydrogen-bond donors (Lipinski definition) is 1. The van der Waals surface area contributed by atoms with Crippen molar-refractivity contribution in [2.45, 2.75) is 32.7 Å². The molecule has 5 heteroatoms. The van der Waals surface area contributed by atoms with Crippen molar-refractivity contribution in [3.63, 3.8) is 0 Å². The third kappa shape index (κ3) is 5.34. The predicted molar refractivity (Wildman–Crippen MR) is 68.8 cm³/mol. The van der Waals surface area contributed by atoms with Crippen molar-refractivity contribution in [1.82, 2.24) is 4.90 Å². The lowest BCUT2D eigenvalue weighted by Gasteiger charge is -2.20. The number of carbonyl (C=O) groups is 1. The fraction of sp³-hybridized carbons (Fsp3) is 0.500. The summed E-state index contributed by atoms with van der Waals surface area (Å²) in [7, 11) is 0. The zero-order chi connectivity index (χ0) is 14.3. The number of nitrogens with zero attached hydrogens (tertiary/aromatic N) is 1. The van der Waals surface area contributed by atoms with Crippen LogP contribution in [0.2, 0.25) is 0 Å². The second-order valence-electron chi connectivity index (χ2n) is 4.42. The molecule has 106 valence electrons. The van der Waals surface area contributed by atoms with Crippen molar-refractivity contribution in [2.75, 3.05) is 13.1 Å². The van der Waals surface area contributed by atoms with Gasteiger partial charge in [0.25, 0.3) is 0 Å². The lowest BCUT2D eigenvalue weighted by atomic mass is 10.1. The Kier molecular flexibility index (Phi) is 6.42. The predicted octanol–water partition coefficient (Wildman–Crippen LogP) is 3.04. The van der Waals surface area contributed by atoms with Crippen LogP contribution in [0, 0.1) is 11.6 Å². The van der Waals surface area contributed by atoms with Gasteiger partial charge in [-0.2, -0.15) is 0 Å². The summed E-state index contributed by atoms with van der Waals surface area (Å²) in [6.07, 6.45) is 1.41. The van der Waals surface area contributed by atoms with Crippen LogP contribution >= 0.6 is 0 Å². The second kappa shape index (κ2) is 7.84. The van der Waals surface area contributed by atoms with E-state index in [1.54, 1.807) is 0 Å². The van der Waals surface area contributed by atoms with Gasteiger partial charge >= 0.3 is 5.97 Å². The molecule has 0 fully saturated rings. The van der Waals surface area contributed by atoms with Crippen molar-refractivity contribution in [1.29, 1.82) is 0 Å². The Bertz CT molecular complexity index is 404. The van der Waals surface area contributed by atoms with E-state index in [9.17, 15) is 13.6 Å². The molecule has 1 aromatic carbocycles. The van der Waals surface area contributed by atoms with Gasteiger partial charge in [-0.15, -0.1) is 0 Å². The monoisotopic (exact) mass is 271 g/mol. The number of hydrogen-bond acceptors (Lipinski definition) is 2. The smallest absolute Gasteiger partial charge is 0.303 e. The Balaban J connectivity index is 2.50. The Morgan fingerprint density at radius 3 is 2.42 bits per heavy atom. The van der Waals surface area contributed by atoms with Crippen molar-refractivity contribution < 1.29 is 18.7 Å². The molecule has 0 radical (unpaired) electrons. The maximum absolute atomic E-state index is 13.5. The standard InChI is InChI=1S/C14H19F2NO2/c1-2-17(9-4-3-8-14(18)19)10-11-12(15)6-5-7-13(11)16/h5-7H,2-4,8-10H2,1H3,(H,18,19). The van der Waals surface area contributed by atoms with Crippen molar-refractivity contribution in [3.05, 3.63) is 35.4 Å². The number of unbranched alkanes of at least 4 members (excludes halogenated alkanes) is 1. The number of halogens is 2. The van der Waals surface area contributed by atoms with Crippen molar-refractivity contribution >= 4 is 5.97 Å². The van der Waals surface area contributed by atoms with E-state index in [1.165, 1.54) is 18.2 Å². The van der Waals surface area contributed by atoms with Crippen LogP contribution in [0.1, 0.15) is 31.7 Å². The number of benzene rings is 1. The normalized spacial score (nSPS) is 10.9. The van der Waals surface area contributed by atoms with Gasteiger partial charge in [-0.05, 0) is 38.1 Å². The van der Waals surface area contributed by atoms with Crippen molar-refractivity contribution in [3.8, 4) is 0 Å². The summed E-state index contributed by atoms with van der Waals surface area (Å²) in [6.45, 7) is 3.43. The Hall–Kier alpha value is -1.49. The molecule has 0 spiro atoms. The minimum Gasteiger partial charge on any atom is -0.481 e. The maximum Gasteiger partial charge on any atom is 0.303 e. The summed E-state index contributed by atoms with van der Waals surface area (Å²) in [5.41, 5.74) is 0.0718. The highest BCUT2D eigenvalue weighted by atomic mass is 19.1. The van der Waals surface area contributed by atoms with Gasteiger partial charge in [-0.1, -0.05) is 13.0 Å². The van der Waals surface area contributed by atoms with E-state index in [-0.39, 0.29) is 18.5 Å². The van der Waals surface area contributed by atoms with Gasteiger partial charge < -0.3 is 5.11 Å². The van der Waals surface area contributed by atoms with Crippen LogP contribution < -0.4 is 0 Å². The largest absolute Gasteiger partial charge is 0.481 e. The van der Waals surface area contributed by atoms with E-state index in [0.717, 1.165) is 0 Å². The molecular formula is C14H19F2NO2. The molecule has 0 unspecified atom stereocenters. The molecule has 0 atom stereocenters. The Morgan fingerprint density at radius 1 is 1.26 bits per heavy atom. The molecule has 3 nitrogen and oxygen atoms in total. The van der Waals surface area contributed by atoms with E-state index in [2.05, 4.69) is 0 Å². The van der Waals surface area contributed by atoms with Gasteiger partial charge in [-0.3, -0.25) is 9.69 Å². The summed E-state index contributed by atoms with van der Waals surface area (Å²) < 4.78 is 27.0. The van der Waals surface area contributed by atoms with Crippen LogP contribution in [0.15, 0.2) is 18.2 Å². The molecule has 0 bridgehead atoms. The quantitative estimate of drug-likeness (QED) is 0.739. The summed E-state index contributed by atoms with van der Waals surface area (Å²) in [5, 5.41) is 8.53. The van der Waals surface area contributed by atoms with E-state index >= 15 is 0 Å². The molecular weight excluding hydrogens is 252 g/mol. The molecule has 0 aliphatic heterocycles. The van der Waals surface area contributed by atoms with Gasteiger partial charge in [0.1, 0.15) is 11.6 Å². The van der Waals surface area contributed by atoms with Gasteiger partial charge in [0.15, 0.2) is 0 Å². The summed E-state index contributed by atoms with van der Waals surface area (Å²) >= 11 is 0. The lowest BCUT2D eigenvalue weighted by Crippen LogP contribution is -2.25. The zero-order valence-electron chi connectivity index (χ0n) is 11.0. The molecule has 0 aliphatic carbocycles. The van der Waals surface area contributed by atoms with Crippen LogP contribution in [-0.4, -0.2) is 29.1 Å². The Labute approximate surface area is 111 Å². The molecule has 19 heavy (non-hydrogen) atoms. The van der Waals surface area contributed by atoms with Crippen LogP contribution in [0.5, 0.6) is 0 Å². The minimum atomic E-state index is -0.816. The van der Waals surface area contributed by atoms with E-state index in [1.807, 2.05) is 11.8 Å². The lowest BCUT2D eigenvalue weighted by molar-refractivity contribution is -0.137. The minimum absolute atomic E-state index is 0.0718. The number of aliphatic carboxylic acids is 1. The average molecular weight is 271 g/mol. The summed E-state index contributed by atoms with van der Waals surface area (Å²) in [5.74, 6) is -1.89. The van der Waals surface area contributed by atoms with Gasteiger partial charge in [0.05, 0.1) is 0 Å². The number of carboxylic acids is 1. The molecule has 0 saturated heterocycles. The fourth-order valence-corrected chi connectivity index (χ4v) is 1.87. The highest BCUT2D eigenvalue weighted by molar-refractivity contribution is 5.66. The van der Waals surface area contributed by atoms with E-state index in [4.69, 9.17) is 5.11 Å². The molecule has 0 heterocycles. The Morgan fingerprint density at radius 2 is 1.89 bits per heavy atom. The molecule has 1 N–H and O–H groups in total. The van der Waals surface area contributed by atoms with Crippen LogP contribution in [0.4, 0.5) is 8.78 Å². The fourth-order valence-electron chi connectivity index (χ4n) is 1.87. The summed E-state index contributed by atoms with van der Waals surface area (Å²) in [4.78, 5) is 12.3. The van der Waals surface area contributed by atoms with Crippen LogP contribution in [0.25, 0.3) is 0 Å². The number of carboxylic acid groups (broad SMARTS) is 1. The third-order valence-corrected chi connectivity index (χ3v) is 3.01. The molecule has 0 saturated carbocycles. The van der Waals surface area contributed by atoms with Gasteiger partial charge in [0.2, 0.25) is 0 Å². The maximum atomic E-state index is 13.5. The first kappa shape index (κ1) is 15.6.